The lowest BCUT2D eigenvalue weighted by Crippen LogP contribution is -2.02. The third-order valence-corrected chi connectivity index (χ3v) is 4.75. The summed E-state index contributed by atoms with van der Waals surface area (Å²) in [4.78, 5) is 0. The molecule has 0 aliphatic carbocycles. The SMILES string of the molecule is [CH2]CCCCOP(=O)(OCc1ccccc1)OCc1ccccc1. The van der Waals surface area contributed by atoms with Crippen LogP contribution in [0.15, 0.2) is 60.7 Å². The van der Waals surface area contributed by atoms with E-state index in [0.29, 0.717) is 6.61 Å². The van der Waals surface area contributed by atoms with Gasteiger partial charge in [-0.25, -0.2) is 4.57 Å². The molecule has 129 valence electrons. The Morgan fingerprint density at radius 3 is 1.71 bits per heavy atom. The maximum absolute atomic E-state index is 12.8. The lowest BCUT2D eigenvalue weighted by molar-refractivity contribution is 0.102. The average molecular weight is 347 g/mol. The Balaban J connectivity index is 1.93. The van der Waals surface area contributed by atoms with Crippen molar-refractivity contribution in [3.8, 4) is 0 Å². The first kappa shape index (κ1) is 18.9. The van der Waals surface area contributed by atoms with Gasteiger partial charge >= 0.3 is 7.82 Å². The van der Waals surface area contributed by atoms with Crippen molar-refractivity contribution in [3.63, 3.8) is 0 Å². The molecular weight excluding hydrogens is 323 g/mol. The van der Waals surface area contributed by atoms with E-state index in [4.69, 9.17) is 13.6 Å². The molecule has 0 saturated heterocycles. The lowest BCUT2D eigenvalue weighted by atomic mass is 10.2. The fraction of sp³-hybridized carbons (Fsp3) is 0.316. The highest BCUT2D eigenvalue weighted by atomic mass is 31.2. The summed E-state index contributed by atoms with van der Waals surface area (Å²) in [7, 11) is -3.61. The highest BCUT2D eigenvalue weighted by molar-refractivity contribution is 7.48. The molecule has 2 aromatic rings. The van der Waals surface area contributed by atoms with E-state index in [1.54, 1.807) is 0 Å². The summed E-state index contributed by atoms with van der Waals surface area (Å²) in [6.45, 7) is 4.48. The first-order valence-corrected chi connectivity index (χ1v) is 9.59. The number of unbranched alkanes of at least 4 members (excludes halogenated alkanes) is 2. The minimum absolute atomic E-state index is 0.183. The quantitative estimate of drug-likeness (QED) is 0.395. The fourth-order valence-electron chi connectivity index (χ4n) is 2.02. The summed E-state index contributed by atoms with van der Waals surface area (Å²) in [6, 6.07) is 19.1. The molecule has 0 atom stereocenters. The van der Waals surface area contributed by atoms with E-state index < -0.39 is 7.82 Å². The van der Waals surface area contributed by atoms with Crippen molar-refractivity contribution in [1.29, 1.82) is 0 Å². The van der Waals surface area contributed by atoms with E-state index in [1.807, 2.05) is 60.7 Å². The number of phosphoric acid groups is 1. The molecule has 0 unspecified atom stereocenters. The fourth-order valence-corrected chi connectivity index (χ4v) is 3.21. The van der Waals surface area contributed by atoms with Crippen LogP contribution in [0, 0.1) is 6.92 Å². The Kier molecular flexibility index (Phi) is 8.20. The van der Waals surface area contributed by atoms with Gasteiger partial charge in [-0.3, -0.25) is 13.6 Å². The van der Waals surface area contributed by atoms with Crippen LogP contribution in [0.2, 0.25) is 0 Å². The van der Waals surface area contributed by atoms with Gasteiger partial charge in [-0.15, -0.1) is 0 Å². The molecule has 0 aromatic heterocycles. The molecule has 2 rings (SSSR count). The van der Waals surface area contributed by atoms with Crippen LogP contribution in [0.5, 0.6) is 0 Å². The largest absolute Gasteiger partial charge is 0.475 e. The molecule has 0 heterocycles. The summed E-state index contributed by atoms with van der Waals surface area (Å²) in [5.41, 5.74) is 1.84. The van der Waals surface area contributed by atoms with Gasteiger partial charge in [0, 0.05) is 0 Å². The van der Waals surface area contributed by atoms with E-state index in [2.05, 4.69) is 6.92 Å². The molecule has 0 amide bonds. The average Bonchev–Trinajstić information content (AvgIpc) is 2.64. The van der Waals surface area contributed by atoms with E-state index in [9.17, 15) is 4.57 Å². The zero-order valence-electron chi connectivity index (χ0n) is 13.8. The highest BCUT2D eigenvalue weighted by Gasteiger charge is 2.26. The van der Waals surface area contributed by atoms with Gasteiger partial charge in [0.1, 0.15) is 0 Å². The van der Waals surface area contributed by atoms with E-state index >= 15 is 0 Å². The number of rotatable bonds is 11. The summed E-state index contributed by atoms with van der Waals surface area (Å²) in [6.07, 6.45) is 2.51. The Morgan fingerprint density at radius 2 is 1.25 bits per heavy atom. The molecule has 0 aliphatic heterocycles. The summed E-state index contributed by atoms with van der Waals surface area (Å²) in [5, 5.41) is 0. The van der Waals surface area contributed by atoms with Crippen LogP contribution in [0.4, 0.5) is 0 Å². The van der Waals surface area contributed by atoms with Crippen molar-refractivity contribution in [1.82, 2.24) is 0 Å². The van der Waals surface area contributed by atoms with Gasteiger partial charge in [0.25, 0.3) is 0 Å². The molecule has 4 nitrogen and oxygen atoms in total. The van der Waals surface area contributed by atoms with Crippen molar-refractivity contribution in [3.05, 3.63) is 78.7 Å². The number of hydrogen-bond acceptors (Lipinski definition) is 4. The number of benzene rings is 2. The van der Waals surface area contributed by atoms with Crippen molar-refractivity contribution < 1.29 is 18.1 Å². The van der Waals surface area contributed by atoms with Crippen molar-refractivity contribution >= 4 is 7.82 Å². The predicted molar refractivity (Wildman–Crippen MR) is 95.2 cm³/mol. The van der Waals surface area contributed by atoms with Crippen molar-refractivity contribution in [2.45, 2.75) is 32.5 Å². The van der Waals surface area contributed by atoms with Crippen molar-refractivity contribution in [2.24, 2.45) is 0 Å². The van der Waals surface area contributed by atoms with Gasteiger partial charge in [-0.05, 0) is 17.5 Å². The third-order valence-electron chi connectivity index (χ3n) is 3.36. The molecule has 24 heavy (non-hydrogen) atoms. The molecule has 1 radical (unpaired) electrons. The maximum Gasteiger partial charge on any atom is 0.475 e. The van der Waals surface area contributed by atoms with E-state index in [0.717, 1.165) is 30.4 Å². The van der Waals surface area contributed by atoms with Crippen LogP contribution in [-0.4, -0.2) is 6.61 Å². The van der Waals surface area contributed by atoms with Gasteiger partial charge in [0.2, 0.25) is 0 Å². The minimum Gasteiger partial charge on any atom is -0.287 e. The molecule has 5 heteroatoms. The first-order valence-electron chi connectivity index (χ1n) is 8.12. The van der Waals surface area contributed by atoms with Crippen molar-refractivity contribution in [2.75, 3.05) is 6.61 Å². The number of hydrogen-bond donors (Lipinski definition) is 0. The smallest absolute Gasteiger partial charge is 0.287 e. The third kappa shape index (κ3) is 6.98. The van der Waals surface area contributed by atoms with Crippen LogP contribution >= 0.6 is 7.82 Å². The van der Waals surface area contributed by atoms with E-state index in [-0.39, 0.29) is 13.2 Å². The number of phosphoric ester groups is 1. The predicted octanol–water partition coefficient (Wildman–Crippen LogP) is 5.55. The van der Waals surface area contributed by atoms with Crippen LogP contribution < -0.4 is 0 Å². The molecular formula is C19H24O4P. The van der Waals surface area contributed by atoms with Gasteiger partial charge in [0.05, 0.1) is 19.8 Å². The Bertz CT molecular complexity index is 568. The molecule has 0 N–H and O–H groups in total. The maximum atomic E-state index is 12.8. The van der Waals surface area contributed by atoms with Gasteiger partial charge in [-0.1, -0.05) is 80.4 Å². The lowest BCUT2D eigenvalue weighted by Gasteiger charge is -2.18. The summed E-state index contributed by atoms with van der Waals surface area (Å²) >= 11 is 0. The second-order valence-electron chi connectivity index (χ2n) is 5.36. The second kappa shape index (κ2) is 10.4. The monoisotopic (exact) mass is 347 g/mol. The van der Waals surface area contributed by atoms with Crippen LogP contribution in [-0.2, 0) is 31.4 Å². The Morgan fingerprint density at radius 1 is 0.750 bits per heavy atom. The van der Waals surface area contributed by atoms with Gasteiger partial charge < -0.3 is 0 Å². The van der Waals surface area contributed by atoms with Crippen LogP contribution in [0.3, 0.4) is 0 Å². The molecule has 0 aliphatic rings. The first-order chi connectivity index (χ1) is 11.7. The highest BCUT2D eigenvalue weighted by Crippen LogP contribution is 2.51. The Hall–Kier alpha value is -1.45. The van der Waals surface area contributed by atoms with E-state index in [1.165, 1.54) is 0 Å². The zero-order valence-corrected chi connectivity index (χ0v) is 14.7. The van der Waals surface area contributed by atoms with Gasteiger partial charge in [-0.2, -0.15) is 0 Å². The molecule has 2 aromatic carbocycles. The molecule has 0 spiro atoms. The molecule has 0 saturated carbocycles. The normalized spacial score (nSPS) is 11.5. The second-order valence-corrected chi connectivity index (χ2v) is 7.03. The summed E-state index contributed by atoms with van der Waals surface area (Å²) < 4.78 is 29.3. The minimum atomic E-state index is -3.61. The standard InChI is InChI=1S/C19H24O4P/c1-2-3-10-15-21-24(20,22-16-18-11-6-4-7-12-18)23-17-19-13-8-5-9-14-19/h4-9,11-14H,1-3,10,15-17H2. The van der Waals surface area contributed by atoms with Gasteiger partial charge in [0.15, 0.2) is 0 Å². The summed E-state index contributed by atoms with van der Waals surface area (Å²) in [5.74, 6) is 0. The Labute approximate surface area is 144 Å². The zero-order chi connectivity index (χ0) is 17.1. The topological polar surface area (TPSA) is 44.8 Å². The van der Waals surface area contributed by atoms with Crippen LogP contribution in [0.1, 0.15) is 30.4 Å². The molecule has 0 bridgehead atoms. The van der Waals surface area contributed by atoms with Crippen LogP contribution in [0.25, 0.3) is 0 Å². The molecule has 0 fully saturated rings.